The highest BCUT2D eigenvalue weighted by Gasteiger charge is 2.29. The second-order valence-corrected chi connectivity index (χ2v) is 8.76. The number of carbonyl (C=O) groups excluding carboxylic acids is 3. The Bertz CT molecular complexity index is 1070. The first kappa shape index (κ1) is 24.3. The summed E-state index contributed by atoms with van der Waals surface area (Å²) in [5.74, 6) is -0.0605. The zero-order chi connectivity index (χ0) is 24.0. The number of methoxy groups -OCH3 is 3. The summed E-state index contributed by atoms with van der Waals surface area (Å²) < 4.78 is 20.4. The van der Waals surface area contributed by atoms with Crippen LogP contribution in [0.4, 0.5) is 5.00 Å². The van der Waals surface area contributed by atoms with E-state index in [2.05, 4.69) is 12.2 Å². The third kappa shape index (κ3) is 5.92. The lowest BCUT2D eigenvalue weighted by Gasteiger charge is -2.18. The van der Waals surface area contributed by atoms with E-state index >= 15 is 0 Å². The van der Waals surface area contributed by atoms with E-state index < -0.39 is 24.5 Å². The quantitative estimate of drug-likeness (QED) is 0.459. The summed E-state index contributed by atoms with van der Waals surface area (Å²) in [5, 5.41) is 3.13. The normalized spacial score (nSPS) is 15.0. The molecule has 176 valence electrons. The number of fused-ring (bicyclic) bond motifs is 1. The molecule has 9 heteroatoms. The monoisotopic (exact) mass is 473 g/mol. The SMILES string of the molecule is COC(=O)c1c(NC(=O)COC(=O)/C=C/c2ccc(OC)c(OC)c2)sc2c1CCC(C)C2. The average molecular weight is 474 g/mol. The van der Waals surface area contributed by atoms with Crippen LogP contribution in [0.3, 0.4) is 0 Å². The van der Waals surface area contributed by atoms with Gasteiger partial charge in [-0.05, 0) is 54.5 Å². The van der Waals surface area contributed by atoms with Gasteiger partial charge in [-0.2, -0.15) is 0 Å². The third-order valence-electron chi connectivity index (χ3n) is 5.32. The molecule has 8 nitrogen and oxygen atoms in total. The second-order valence-electron chi connectivity index (χ2n) is 7.65. The van der Waals surface area contributed by atoms with Gasteiger partial charge in [0.05, 0.1) is 26.9 Å². The van der Waals surface area contributed by atoms with Crippen LogP contribution in [0.15, 0.2) is 24.3 Å². The summed E-state index contributed by atoms with van der Waals surface area (Å²) in [6.07, 6.45) is 5.37. The predicted molar refractivity (Wildman–Crippen MR) is 125 cm³/mol. The largest absolute Gasteiger partial charge is 0.493 e. The Morgan fingerprint density at radius 1 is 1.15 bits per heavy atom. The summed E-state index contributed by atoms with van der Waals surface area (Å²) in [4.78, 5) is 37.9. The predicted octanol–water partition coefficient (Wildman–Crippen LogP) is 3.87. The molecule has 0 saturated carbocycles. The van der Waals surface area contributed by atoms with Gasteiger partial charge >= 0.3 is 11.9 Å². The number of anilines is 1. The highest BCUT2D eigenvalue weighted by molar-refractivity contribution is 7.17. The van der Waals surface area contributed by atoms with Crippen molar-refractivity contribution in [3.05, 3.63) is 45.8 Å². The standard InChI is InChI=1S/C24H27NO7S/c1-14-5-8-16-19(11-14)33-23(22(16)24(28)31-4)25-20(26)13-32-21(27)10-7-15-6-9-17(29-2)18(12-15)30-3/h6-7,9-10,12,14H,5,8,11,13H2,1-4H3,(H,25,26)/b10-7+. The molecule has 1 amide bonds. The van der Waals surface area contributed by atoms with Crippen molar-refractivity contribution >= 4 is 40.3 Å². The molecule has 0 spiro atoms. The van der Waals surface area contributed by atoms with Crippen molar-refractivity contribution in [3.8, 4) is 11.5 Å². The number of hydrogen-bond acceptors (Lipinski definition) is 8. The maximum Gasteiger partial charge on any atom is 0.341 e. The van der Waals surface area contributed by atoms with Crippen LogP contribution in [0.1, 0.15) is 39.7 Å². The molecule has 0 saturated heterocycles. The Kier molecular flexibility index (Phi) is 8.11. The fourth-order valence-corrected chi connectivity index (χ4v) is 5.04. The van der Waals surface area contributed by atoms with Gasteiger partial charge in [0.25, 0.3) is 5.91 Å². The molecule has 3 rings (SSSR count). The maximum atomic E-state index is 12.4. The Labute approximate surface area is 196 Å². The topological polar surface area (TPSA) is 100 Å². The molecule has 0 radical (unpaired) electrons. The molecular formula is C24H27NO7S. The van der Waals surface area contributed by atoms with Gasteiger partial charge in [0.2, 0.25) is 0 Å². The Morgan fingerprint density at radius 3 is 2.61 bits per heavy atom. The van der Waals surface area contributed by atoms with Crippen LogP contribution in [0, 0.1) is 5.92 Å². The van der Waals surface area contributed by atoms with Crippen molar-refractivity contribution in [3.63, 3.8) is 0 Å². The molecule has 1 aromatic carbocycles. The summed E-state index contributed by atoms with van der Waals surface area (Å²) in [6.45, 7) is 1.68. The van der Waals surface area contributed by atoms with Crippen LogP contribution in [0.2, 0.25) is 0 Å². The smallest absolute Gasteiger partial charge is 0.341 e. The van der Waals surface area contributed by atoms with Crippen LogP contribution >= 0.6 is 11.3 Å². The first-order valence-electron chi connectivity index (χ1n) is 10.5. The van der Waals surface area contributed by atoms with Gasteiger partial charge in [-0.1, -0.05) is 13.0 Å². The van der Waals surface area contributed by atoms with Crippen molar-refractivity contribution in [2.24, 2.45) is 5.92 Å². The molecule has 0 fully saturated rings. The van der Waals surface area contributed by atoms with Crippen LogP contribution < -0.4 is 14.8 Å². The van der Waals surface area contributed by atoms with Crippen LogP contribution in [0.25, 0.3) is 6.08 Å². The summed E-state index contributed by atoms with van der Waals surface area (Å²) >= 11 is 1.38. The van der Waals surface area contributed by atoms with E-state index in [4.69, 9.17) is 18.9 Å². The fourth-order valence-electron chi connectivity index (χ4n) is 3.63. The third-order valence-corrected chi connectivity index (χ3v) is 6.49. The summed E-state index contributed by atoms with van der Waals surface area (Å²) in [5.41, 5.74) is 2.04. The Morgan fingerprint density at radius 2 is 1.91 bits per heavy atom. The van der Waals surface area contributed by atoms with Crippen molar-refractivity contribution in [1.82, 2.24) is 0 Å². The molecule has 1 aromatic heterocycles. The molecule has 1 N–H and O–H groups in total. The van der Waals surface area contributed by atoms with Gasteiger partial charge < -0.3 is 24.3 Å². The Balaban J connectivity index is 1.61. The van der Waals surface area contributed by atoms with E-state index in [0.717, 1.165) is 29.7 Å². The van der Waals surface area contributed by atoms with Crippen LogP contribution in [0.5, 0.6) is 11.5 Å². The lowest BCUT2D eigenvalue weighted by molar-refractivity contribution is -0.142. The first-order chi connectivity index (χ1) is 15.9. The van der Waals surface area contributed by atoms with Gasteiger partial charge in [-0.25, -0.2) is 9.59 Å². The minimum Gasteiger partial charge on any atom is -0.493 e. The van der Waals surface area contributed by atoms with Gasteiger partial charge in [0.15, 0.2) is 18.1 Å². The highest BCUT2D eigenvalue weighted by Crippen LogP contribution is 2.40. The zero-order valence-corrected chi connectivity index (χ0v) is 19.9. The average Bonchev–Trinajstić information content (AvgIpc) is 3.17. The zero-order valence-electron chi connectivity index (χ0n) is 19.1. The van der Waals surface area contributed by atoms with E-state index in [9.17, 15) is 14.4 Å². The van der Waals surface area contributed by atoms with Crippen molar-refractivity contribution in [2.75, 3.05) is 33.3 Å². The minimum absolute atomic E-state index is 0.400. The van der Waals surface area contributed by atoms with Crippen molar-refractivity contribution in [2.45, 2.75) is 26.2 Å². The van der Waals surface area contributed by atoms with Crippen LogP contribution in [-0.4, -0.2) is 45.8 Å². The molecule has 1 unspecified atom stereocenters. The number of thiophene rings is 1. The fraction of sp³-hybridized carbons (Fsp3) is 0.375. The minimum atomic E-state index is -0.674. The molecule has 0 aliphatic heterocycles. The molecule has 0 bridgehead atoms. The summed E-state index contributed by atoms with van der Waals surface area (Å²) in [7, 11) is 4.38. The number of carbonyl (C=O) groups is 3. The molecule has 1 atom stereocenters. The van der Waals surface area contributed by atoms with E-state index in [1.165, 1.54) is 38.7 Å². The number of amides is 1. The van der Waals surface area contributed by atoms with Crippen LogP contribution in [-0.2, 0) is 31.9 Å². The number of nitrogens with one attached hydrogen (secondary N) is 1. The lowest BCUT2D eigenvalue weighted by atomic mass is 9.88. The summed E-state index contributed by atoms with van der Waals surface area (Å²) in [6, 6.07) is 5.19. The Hall–Kier alpha value is -3.33. The number of benzene rings is 1. The van der Waals surface area contributed by atoms with Gasteiger partial charge in [-0.3, -0.25) is 4.79 Å². The molecule has 1 heterocycles. The van der Waals surface area contributed by atoms with Gasteiger partial charge in [0.1, 0.15) is 5.00 Å². The van der Waals surface area contributed by atoms with Gasteiger partial charge in [-0.15, -0.1) is 11.3 Å². The number of esters is 2. The second kappa shape index (κ2) is 11.0. The molecule has 1 aliphatic rings. The number of ether oxygens (including phenoxy) is 4. The molecule has 1 aliphatic carbocycles. The number of hydrogen-bond donors (Lipinski definition) is 1. The van der Waals surface area contributed by atoms with E-state index in [0.29, 0.717) is 33.5 Å². The van der Waals surface area contributed by atoms with Gasteiger partial charge in [0, 0.05) is 11.0 Å². The van der Waals surface area contributed by atoms with Crippen molar-refractivity contribution < 1.29 is 33.3 Å². The highest BCUT2D eigenvalue weighted by atomic mass is 32.1. The van der Waals surface area contributed by atoms with E-state index in [1.807, 2.05) is 0 Å². The lowest BCUT2D eigenvalue weighted by Crippen LogP contribution is -2.21. The van der Waals surface area contributed by atoms with Crippen molar-refractivity contribution in [1.29, 1.82) is 0 Å². The molecular weight excluding hydrogens is 446 g/mol. The molecule has 33 heavy (non-hydrogen) atoms. The number of rotatable bonds is 8. The van der Waals surface area contributed by atoms with E-state index in [1.54, 1.807) is 24.3 Å². The first-order valence-corrected chi connectivity index (χ1v) is 11.3. The maximum absolute atomic E-state index is 12.4. The van der Waals surface area contributed by atoms with E-state index in [-0.39, 0.29) is 0 Å². The molecule has 2 aromatic rings.